The van der Waals surface area contributed by atoms with Crippen molar-refractivity contribution in [3.63, 3.8) is 0 Å². The summed E-state index contributed by atoms with van der Waals surface area (Å²) in [4.78, 5) is 27.3. The summed E-state index contributed by atoms with van der Waals surface area (Å²) in [5.41, 5.74) is 3.51. The molecule has 4 heterocycles. The van der Waals surface area contributed by atoms with Gasteiger partial charge in [0.2, 0.25) is 0 Å². The minimum atomic E-state index is -0.576. The number of fused-ring (bicyclic) bond motifs is 1. The fourth-order valence-corrected chi connectivity index (χ4v) is 4.61. The molecule has 0 unspecified atom stereocenters. The van der Waals surface area contributed by atoms with Gasteiger partial charge < -0.3 is 5.11 Å². The van der Waals surface area contributed by atoms with E-state index in [1.54, 1.807) is 60.5 Å². The van der Waals surface area contributed by atoms with Crippen LogP contribution in [0.1, 0.15) is 13.8 Å². The van der Waals surface area contributed by atoms with Crippen molar-refractivity contribution in [1.82, 2.24) is 28.7 Å². The first-order valence-electron chi connectivity index (χ1n) is 11.2. The van der Waals surface area contributed by atoms with Gasteiger partial charge in [-0.3, -0.25) is 14.5 Å². The van der Waals surface area contributed by atoms with Crippen LogP contribution in [-0.2, 0) is 7.05 Å². The molecule has 0 saturated carbocycles. The number of nitrogens with zero attached hydrogens (tertiary/aromatic N) is 6. The lowest BCUT2D eigenvalue weighted by Gasteiger charge is -2.21. The van der Waals surface area contributed by atoms with Gasteiger partial charge in [-0.15, -0.1) is 0 Å². The van der Waals surface area contributed by atoms with Gasteiger partial charge in [0.15, 0.2) is 0 Å². The van der Waals surface area contributed by atoms with Gasteiger partial charge in [0, 0.05) is 36.1 Å². The van der Waals surface area contributed by atoms with E-state index in [0.717, 1.165) is 0 Å². The number of aliphatic hydroxyl groups excluding tert-OH is 1. The molecule has 1 N–H and O–H groups in total. The summed E-state index contributed by atoms with van der Waals surface area (Å²) in [6.45, 7) is 3.58. The van der Waals surface area contributed by atoms with Gasteiger partial charge in [0.05, 0.1) is 34.3 Å². The van der Waals surface area contributed by atoms with E-state index in [1.807, 2.05) is 20.0 Å². The van der Waals surface area contributed by atoms with E-state index in [1.165, 1.54) is 28.3 Å². The number of hydrogen-bond donors (Lipinski definition) is 1. The summed E-state index contributed by atoms with van der Waals surface area (Å²) in [6.07, 6.45) is 6.55. The number of aryl methyl sites for hydroxylation is 1. The summed E-state index contributed by atoms with van der Waals surface area (Å²) in [5.74, 6) is -0.352. The molecule has 0 atom stereocenters. The molecule has 5 aromatic rings. The fourth-order valence-electron chi connectivity index (χ4n) is 3.74. The summed E-state index contributed by atoms with van der Waals surface area (Å²) in [7, 11) is 1.80. The molecular formula is C26H23FN6O2S. The van der Waals surface area contributed by atoms with Crippen molar-refractivity contribution >= 4 is 22.9 Å². The van der Waals surface area contributed by atoms with Crippen LogP contribution >= 0.6 is 11.9 Å². The average Bonchev–Trinajstić information content (AvgIpc) is 3.31. The van der Waals surface area contributed by atoms with Gasteiger partial charge in [0.1, 0.15) is 23.4 Å². The van der Waals surface area contributed by atoms with Crippen LogP contribution in [0.3, 0.4) is 0 Å². The molecule has 36 heavy (non-hydrogen) atoms. The normalized spacial score (nSPS) is 11.8. The molecule has 8 nitrogen and oxygen atoms in total. The van der Waals surface area contributed by atoms with Crippen LogP contribution in [-0.4, -0.2) is 45.2 Å². The molecular weight excluding hydrogens is 479 g/mol. The summed E-state index contributed by atoms with van der Waals surface area (Å²) < 4.78 is 16.7. The Kier molecular flexibility index (Phi) is 6.15. The zero-order valence-electron chi connectivity index (χ0n) is 19.9. The lowest BCUT2D eigenvalue weighted by Crippen LogP contribution is -2.27. The largest absolute Gasteiger partial charge is 0.395 e. The Hall–Kier alpha value is -3.89. The van der Waals surface area contributed by atoms with Crippen molar-refractivity contribution in [2.24, 2.45) is 7.05 Å². The van der Waals surface area contributed by atoms with Gasteiger partial charge in [-0.2, -0.15) is 5.10 Å². The predicted octanol–water partition coefficient (Wildman–Crippen LogP) is 4.33. The van der Waals surface area contributed by atoms with E-state index in [4.69, 9.17) is 4.98 Å². The quantitative estimate of drug-likeness (QED) is 0.369. The number of benzene rings is 1. The topological polar surface area (TPSA) is 98.7 Å². The van der Waals surface area contributed by atoms with Crippen LogP contribution in [0.5, 0.6) is 0 Å². The van der Waals surface area contributed by atoms with Crippen LogP contribution in [0.15, 0.2) is 72.2 Å². The SMILES string of the molecule is Cn1cc(-c2nc(-c3ccc(-c4ccccc4F)nc3)cc3c(=O)n(SC(C)(C)CO)cnc23)cn1. The zero-order valence-corrected chi connectivity index (χ0v) is 20.7. The Bertz CT molecular complexity index is 1630. The molecule has 0 bridgehead atoms. The highest BCUT2D eigenvalue weighted by molar-refractivity contribution is 7.99. The third-order valence-corrected chi connectivity index (χ3v) is 6.71. The molecule has 5 rings (SSSR count). The second-order valence-electron chi connectivity index (χ2n) is 8.95. The highest BCUT2D eigenvalue weighted by Gasteiger charge is 2.22. The smallest absolute Gasteiger partial charge is 0.271 e. The number of halogens is 1. The molecule has 0 radical (unpaired) electrons. The Morgan fingerprint density at radius 1 is 1.06 bits per heavy atom. The third-order valence-electron chi connectivity index (χ3n) is 5.63. The molecule has 0 fully saturated rings. The van der Waals surface area contributed by atoms with Crippen molar-refractivity contribution in [3.8, 4) is 33.8 Å². The lowest BCUT2D eigenvalue weighted by molar-refractivity contribution is 0.264. The minimum absolute atomic E-state index is 0.106. The van der Waals surface area contributed by atoms with Gasteiger partial charge >= 0.3 is 0 Å². The van der Waals surface area contributed by atoms with E-state index >= 15 is 0 Å². The second-order valence-corrected chi connectivity index (χ2v) is 10.6. The van der Waals surface area contributed by atoms with E-state index in [9.17, 15) is 14.3 Å². The minimum Gasteiger partial charge on any atom is -0.395 e. The predicted molar refractivity (Wildman–Crippen MR) is 139 cm³/mol. The maximum Gasteiger partial charge on any atom is 0.271 e. The average molecular weight is 503 g/mol. The van der Waals surface area contributed by atoms with E-state index < -0.39 is 4.75 Å². The van der Waals surface area contributed by atoms with Crippen molar-refractivity contribution in [1.29, 1.82) is 0 Å². The Morgan fingerprint density at radius 3 is 2.53 bits per heavy atom. The van der Waals surface area contributed by atoms with Crippen LogP contribution in [0.25, 0.3) is 44.7 Å². The highest BCUT2D eigenvalue weighted by atomic mass is 32.2. The molecule has 0 aliphatic rings. The number of pyridine rings is 2. The first-order chi connectivity index (χ1) is 17.3. The molecule has 182 valence electrons. The lowest BCUT2D eigenvalue weighted by atomic mass is 10.1. The van der Waals surface area contributed by atoms with Gasteiger partial charge in [0.25, 0.3) is 5.56 Å². The van der Waals surface area contributed by atoms with Crippen molar-refractivity contribution in [2.45, 2.75) is 18.6 Å². The van der Waals surface area contributed by atoms with Crippen LogP contribution in [0.4, 0.5) is 4.39 Å². The zero-order chi connectivity index (χ0) is 25.4. The Balaban J connectivity index is 1.67. The van der Waals surface area contributed by atoms with E-state index in [0.29, 0.717) is 44.7 Å². The summed E-state index contributed by atoms with van der Waals surface area (Å²) >= 11 is 1.20. The molecule has 4 aromatic heterocycles. The maximum atomic E-state index is 14.2. The third kappa shape index (κ3) is 4.52. The first-order valence-corrected chi connectivity index (χ1v) is 12.0. The maximum absolute atomic E-state index is 14.2. The Morgan fingerprint density at radius 2 is 1.86 bits per heavy atom. The van der Waals surface area contributed by atoms with Gasteiger partial charge in [-0.25, -0.2) is 18.3 Å². The number of aromatic nitrogens is 6. The first kappa shape index (κ1) is 23.8. The van der Waals surface area contributed by atoms with Crippen molar-refractivity contribution in [3.05, 3.63) is 83.6 Å². The molecule has 0 spiro atoms. The van der Waals surface area contributed by atoms with Crippen LogP contribution < -0.4 is 5.56 Å². The van der Waals surface area contributed by atoms with Crippen LogP contribution in [0, 0.1) is 5.82 Å². The molecule has 0 amide bonds. The van der Waals surface area contributed by atoms with Gasteiger partial charge in [-0.1, -0.05) is 12.1 Å². The fraction of sp³-hybridized carbons (Fsp3) is 0.192. The second kappa shape index (κ2) is 9.29. The number of rotatable bonds is 6. The molecule has 0 aliphatic carbocycles. The summed E-state index contributed by atoms with van der Waals surface area (Å²) in [6, 6.07) is 11.7. The highest BCUT2D eigenvalue weighted by Crippen LogP contribution is 2.31. The van der Waals surface area contributed by atoms with Crippen molar-refractivity contribution in [2.75, 3.05) is 6.61 Å². The number of hydrogen-bond acceptors (Lipinski definition) is 7. The molecule has 1 aromatic carbocycles. The number of aliphatic hydroxyl groups is 1. The standard InChI is InChI=1S/C26H23FN6O2S/c1-26(2,14-34)36-33-15-29-24-19(25(33)35)10-22(31-23(24)17-12-30-32(3)13-17)16-8-9-21(28-11-16)18-6-4-5-7-20(18)27/h4-13,15,34H,14H2,1-3H3. The molecule has 0 aliphatic heterocycles. The molecule has 0 saturated heterocycles. The molecule has 10 heteroatoms. The Labute approximate surface area is 210 Å². The van der Waals surface area contributed by atoms with Crippen molar-refractivity contribution < 1.29 is 9.50 Å². The van der Waals surface area contributed by atoms with E-state index in [2.05, 4.69) is 15.1 Å². The monoisotopic (exact) mass is 502 g/mol. The summed E-state index contributed by atoms with van der Waals surface area (Å²) in [5, 5.41) is 14.3. The van der Waals surface area contributed by atoms with E-state index in [-0.39, 0.29) is 18.0 Å². The van der Waals surface area contributed by atoms with Crippen LogP contribution in [0.2, 0.25) is 0 Å². The van der Waals surface area contributed by atoms with Gasteiger partial charge in [-0.05, 0) is 56.1 Å².